The first kappa shape index (κ1) is 23.9. The fourth-order valence-corrected chi connectivity index (χ4v) is 6.56. The molecule has 184 valence electrons. The van der Waals surface area contributed by atoms with Gasteiger partial charge in [-0.25, -0.2) is 4.98 Å². The van der Waals surface area contributed by atoms with E-state index in [9.17, 15) is 5.11 Å². The molecule has 0 spiro atoms. The van der Waals surface area contributed by atoms with Crippen molar-refractivity contribution in [2.45, 2.75) is 62.8 Å². The van der Waals surface area contributed by atoms with Gasteiger partial charge in [0.25, 0.3) is 0 Å². The molecule has 0 radical (unpaired) electrons. The molecular formula is C27H23Cl2N3O3S. The molecular weight excluding hydrogens is 517 g/mol. The second kappa shape index (κ2) is 9.44. The maximum atomic E-state index is 11.4. The van der Waals surface area contributed by atoms with Crippen molar-refractivity contribution >= 4 is 44.8 Å². The number of aliphatic hydroxyl groups is 1. The Morgan fingerprint density at radius 3 is 2.58 bits per heavy atom. The summed E-state index contributed by atoms with van der Waals surface area (Å²) in [7, 11) is 0. The van der Waals surface area contributed by atoms with E-state index in [2.05, 4.69) is 16.2 Å². The summed E-state index contributed by atoms with van der Waals surface area (Å²) in [5, 5.41) is 26.6. The van der Waals surface area contributed by atoms with Gasteiger partial charge in [0.05, 0.1) is 44.6 Å². The summed E-state index contributed by atoms with van der Waals surface area (Å²) in [5.74, 6) is 1.22. The maximum absolute atomic E-state index is 11.4. The number of ether oxygens (including phenoxy) is 1. The minimum Gasteiger partial charge on any atom is -0.383 e. The molecule has 0 bridgehead atoms. The van der Waals surface area contributed by atoms with Crippen molar-refractivity contribution < 1.29 is 14.4 Å². The molecule has 2 aromatic carbocycles. The lowest BCUT2D eigenvalue weighted by molar-refractivity contribution is -0.0640. The highest BCUT2D eigenvalue weighted by Gasteiger charge is 2.39. The van der Waals surface area contributed by atoms with Crippen molar-refractivity contribution in [3.05, 3.63) is 68.3 Å². The van der Waals surface area contributed by atoms with Gasteiger partial charge >= 0.3 is 0 Å². The van der Waals surface area contributed by atoms with E-state index in [1.165, 1.54) is 11.3 Å². The normalized spacial score (nSPS) is 22.1. The highest BCUT2D eigenvalue weighted by molar-refractivity contribution is 7.18. The Bertz CT molecular complexity index is 1460. The highest BCUT2D eigenvalue weighted by atomic mass is 35.5. The largest absolute Gasteiger partial charge is 0.383 e. The van der Waals surface area contributed by atoms with E-state index in [1.807, 2.05) is 12.1 Å². The van der Waals surface area contributed by atoms with Gasteiger partial charge in [-0.3, -0.25) is 0 Å². The van der Waals surface area contributed by atoms with Crippen LogP contribution in [0.15, 0.2) is 40.9 Å². The molecule has 2 aliphatic carbocycles. The third kappa shape index (κ3) is 4.42. The maximum Gasteiger partial charge on any atom is 0.145 e. The molecule has 2 fully saturated rings. The second-order valence-electron chi connectivity index (χ2n) is 9.60. The Morgan fingerprint density at radius 2 is 1.89 bits per heavy atom. The monoisotopic (exact) mass is 539 g/mol. The lowest BCUT2D eigenvalue weighted by Crippen LogP contribution is -2.34. The van der Waals surface area contributed by atoms with Crippen LogP contribution in [0.25, 0.3) is 21.5 Å². The van der Waals surface area contributed by atoms with Crippen LogP contribution in [0.4, 0.5) is 0 Å². The Morgan fingerprint density at radius 1 is 1.14 bits per heavy atom. The van der Waals surface area contributed by atoms with Gasteiger partial charge in [0.1, 0.15) is 22.1 Å². The van der Waals surface area contributed by atoms with E-state index >= 15 is 0 Å². The van der Waals surface area contributed by atoms with Crippen molar-refractivity contribution in [1.29, 1.82) is 5.26 Å². The van der Waals surface area contributed by atoms with Crippen molar-refractivity contribution in [2.75, 3.05) is 0 Å². The summed E-state index contributed by atoms with van der Waals surface area (Å²) in [4.78, 5) is 4.66. The minimum absolute atomic E-state index is 0.00126. The fraction of sp³-hybridized carbons (Fsp3) is 0.370. The molecule has 2 aliphatic rings. The summed E-state index contributed by atoms with van der Waals surface area (Å²) < 4.78 is 13.1. The van der Waals surface area contributed by atoms with E-state index in [0.29, 0.717) is 70.1 Å². The van der Waals surface area contributed by atoms with E-state index in [-0.39, 0.29) is 6.10 Å². The predicted octanol–water partition coefficient (Wildman–Crippen LogP) is 7.35. The van der Waals surface area contributed by atoms with Crippen LogP contribution in [0.3, 0.4) is 0 Å². The molecule has 6 nitrogen and oxygen atoms in total. The quantitative estimate of drug-likeness (QED) is 0.275. The zero-order chi connectivity index (χ0) is 24.9. The molecule has 0 amide bonds. The molecule has 0 aliphatic heterocycles. The third-order valence-electron chi connectivity index (χ3n) is 7.10. The van der Waals surface area contributed by atoms with Gasteiger partial charge in [0, 0.05) is 17.0 Å². The first-order valence-corrected chi connectivity index (χ1v) is 13.6. The molecule has 0 saturated heterocycles. The number of hydrogen-bond acceptors (Lipinski definition) is 7. The molecule has 0 atom stereocenters. The van der Waals surface area contributed by atoms with Crippen LogP contribution in [0, 0.1) is 11.3 Å². The van der Waals surface area contributed by atoms with Crippen molar-refractivity contribution in [3.63, 3.8) is 0 Å². The number of benzene rings is 2. The first-order valence-electron chi connectivity index (χ1n) is 12.0. The van der Waals surface area contributed by atoms with Crippen LogP contribution in [0.1, 0.15) is 66.3 Å². The Balaban J connectivity index is 1.17. The summed E-state index contributed by atoms with van der Waals surface area (Å²) in [6, 6.07) is 13.0. The van der Waals surface area contributed by atoms with E-state index in [0.717, 1.165) is 34.4 Å². The average Bonchev–Trinajstić information content (AvgIpc) is 3.49. The van der Waals surface area contributed by atoms with Crippen LogP contribution in [0.2, 0.25) is 10.0 Å². The number of fused-ring (bicyclic) bond motifs is 1. The Labute approximate surface area is 222 Å². The van der Waals surface area contributed by atoms with Gasteiger partial charge in [-0.1, -0.05) is 34.4 Å². The van der Waals surface area contributed by atoms with E-state index in [4.69, 9.17) is 37.7 Å². The summed E-state index contributed by atoms with van der Waals surface area (Å²) in [6.07, 6.45) is 4.69. The summed E-state index contributed by atoms with van der Waals surface area (Å²) in [5.41, 5.74) is 2.57. The topological polar surface area (TPSA) is 92.2 Å². The first-order chi connectivity index (χ1) is 17.4. The number of hydrogen-bond donors (Lipinski definition) is 1. The fourth-order valence-electron chi connectivity index (χ4n) is 4.89. The van der Waals surface area contributed by atoms with Crippen LogP contribution >= 0.6 is 34.5 Å². The molecule has 1 N–H and O–H groups in total. The molecule has 36 heavy (non-hydrogen) atoms. The van der Waals surface area contributed by atoms with Gasteiger partial charge in [0.15, 0.2) is 0 Å². The van der Waals surface area contributed by atoms with Gasteiger partial charge in [-0.15, -0.1) is 11.3 Å². The zero-order valence-electron chi connectivity index (χ0n) is 19.3. The lowest BCUT2D eigenvalue weighted by atomic mass is 9.83. The summed E-state index contributed by atoms with van der Waals surface area (Å²) in [6.45, 7) is 0.355. The van der Waals surface area contributed by atoms with Crippen LogP contribution < -0.4 is 0 Å². The van der Waals surface area contributed by atoms with Crippen molar-refractivity contribution in [2.24, 2.45) is 0 Å². The molecule has 4 aromatic rings. The van der Waals surface area contributed by atoms with Crippen LogP contribution in [-0.4, -0.2) is 21.4 Å². The van der Waals surface area contributed by atoms with E-state index in [1.54, 1.807) is 24.3 Å². The molecule has 6 rings (SSSR count). The number of nitrogens with zero attached hydrogens (tertiary/aromatic N) is 3. The smallest absolute Gasteiger partial charge is 0.145 e. The van der Waals surface area contributed by atoms with E-state index < -0.39 is 5.60 Å². The third-order valence-corrected chi connectivity index (χ3v) is 8.96. The SMILES string of the molecule is N#Cc1ccc2sc(C3(O)CCC(OCc4c(-c5c(Cl)cccc5Cl)noc4C4CC4)CC3)nc2c1. The highest BCUT2D eigenvalue weighted by Crippen LogP contribution is 2.47. The number of thiazole rings is 1. The lowest BCUT2D eigenvalue weighted by Gasteiger charge is -2.34. The number of aromatic nitrogens is 2. The van der Waals surface area contributed by atoms with Gasteiger partial charge < -0.3 is 14.4 Å². The summed E-state index contributed by atoms with van der Waals surface area (Å²) >= 11 is 14.4. The Kier molecular flexibility index (Phi) is 6.27. The van der Waals surface area contributed by atoms with Crippen molar-refractivity contribution in [1.82, 2.24) is 10.1 Å². The zero-order valence-corrected chi connectivity index (χ0v) is 21.7. The van der Waals surface area contributed by atoms with Gasteiger partial charge in [-0.05, 0) is 68.9 Å². The number of rotatable bonds is 6. The van der Waals surface area contributed by atoms with Crippen LogP contribution in [-0.2, 0) is 16.9 Å². The molecule has 2 saturated carbocycles. The molecule has 2 heterocycles. The van der Waals surface area contributed by atoms with Crippen LogP contribution in [0.5, 0.6) is 0 Å². The average molecular weight is 540 g/mol. The number of halogens is 2. The minimum atomic E-state index is -0.983. The molecule has 2 aromatic heterocycles. The van der Waals surface area contributed by atoms with Gasteiger partial charge in [0.2, 0.25) is 0 Å². The van der Waals surface area contributed by atoms with Gasteiger partial charge in [-0.2, -0.15) is 5.26 Å². The number of nitriles is 1. The van der Waals surface area contributed by atoms with Crippen molar-refractivity contribution in [3.8, 4) is 17.3 Å². The standard InChI is InChI=1S/C27H23Cl2N3O3S/c28-19-2-1-3-20(29)23(19)24-18(25(35-32-24)16-5-6-16)14-34-17-8-10-27(33,11-9-17)26-31-21-12-15(13-30)4-7-22(21)36-26/h1-4,7,12,16-17,33H,5-6,8-11,14H2. The Hall–Kier alpha value is -2.47. The second-order valence-corrected chi connectivity index (χ2v) is 11.4. The molecule has 0 unspecified atom stereocenters. The molecule has 9 heteroatoms. The predicted molar refractivity (Wildman–Crippen MR) is 139 cm³/mol.